The first kappa shape index (κ1) is 13.8. The Labute approximate surface area is 86.9 Å². The normalized spacial score (nSPS) is 9.94. The van der Waals surface area contributed by atoms with Crippen LogP contribution in [0.15, 0.2) is 18.6 Å². The largest absolute Gasteiger partial charge is 0.490 e. The zero-order chi connectivity index (χ0) is 12.8. The van der Waals surface area contributed by atoms with Crippen LogP contribution in [-0.4, -0.2) is 33.1 Å². The molecule has 3 N–H and O–H groups in total. The third-order valence-corrected chi connectivity index (χ3v) is 1.06. The molecule has 1 amide bonds. The van der Waals surface area contributed by atoms with Crippen LogP contribution in [0, 0.1) is 0 Å². The monoisotopic (exact) mass is 237 g/mol. The quantitative estimate of drug-likeness (QED) is 0.726. The van der Waals surface area contributed by atoms with Crippen molar-refractivity contribution in [2.75, 3.05) is 0 Å². The molecule has 1 aromatic rings. The molecule has 9 heteroatoms. The number of amides is 1. The number of carbonyl (C=O) groups is 2. The van der Waals surface area contributed by atoms with Gasteiger partial charge in [-0.25, -0.2) is 9.78 Å². The van der Waals surface area contributed by atoms with Crippen LogP contribution in [0.4, 0.5) is 13.2 Å². The molecule has 16 heavy (non-hydrogen) atoms. The van der Waals surface area contributed by atoms with Crippen LogP contribution in [0.25, 0.3) is 0 Å². The van der Waals surface area contributed by atoms with Gasteiger partial charge in [0, 0.05) is 12.4 Å². The van der Waals surface area contributed by atoms with E-state index in [1.165, 1.54) is 18.6 Å². The molecule has 1 aromatic heterocycles. The Kier molecular flexibility index (Phi) is 4.86. The minimum Gasteiger partial charge on any atom is -0.475 e. The fraction of sp³-hybridized carbons (Fsp3) is 0.143. The highest BCUT2D eigenvalue weighted by atomic mass is 19.4. The van der Waals surface area contributed by atoms with Gasteiger partial charge in [0.2, 0.25) is 0 Å². The van der Waals surface area contributed by atoms with Gasteiger partial charge in [-0.2, -0.15) is 13.2 Å². The molecule has 0 saturated heterocycles. The topological polar surface area (TPSA) is 106 Å². The predicted molar refractivity (Wildman–Crippen MR) is 44.2 cm³/mol. The van der Waals surface area contributed by atoms with E-state index in [1.807, 2.05) is 0 Å². The average Bonchev–Trinajstić information content (AvgIpc) is 2.18. The standard InChI is InChI=1S/C5H5N3O.C2HF3O2/c6-5(9)4-3-7-1-2-8-4;3-2(4,5)1(6)7/h1-3H,(H2,6,9);(H,6,7). The second-order valence-electron chi connectivity index (χ2n) is 2.26. The summed E-state index contributed by atoms with van der Waals surface area (Å²) >= 11 is 0. The zero-order valence-electron chi connectivity index (χ0n) is 7.60. The van der Waals surface area contributed by atoms with Crippen molar-refractivity contribution >= 4 is 11.9 Å². The summed E-state index contributed by atoms with van der Waals surface area (Å²) < 4.78 is 31.7. The summed E-state index contributed by atoms with van der Waals surface area (Å²) in [6.07, 6.45) is -0.866. The fourth-order valence-electron chi connectivity index (χ4n) is 0.426. The molecule has 88 valence electrons. The number of carboxylic acid groups (broad SMARTS) is 1. The van der Waals surface area contributed by atoms with Crippen molar-refractivity contribution in [2.24, 2.45) is 5.73 Å². The van der Waals surface area contributed by atoms with Crippen molar-refractivity contribution in [3.05, 3.63) is 24.3 Å². The van der Waals surface area contributed by atoms with Crippen molar-refractivity contribution in [3.63, 3.8) is 0 Å². The lowest BCUT2D eigenvalue weighted by Crippen LogP contribution is -2.21. The molecule has 1 rings (SSSR count). The van der Waals surface area contributed by atoms with Gasteiger partial charge in [-0.1, -0.05) is 0 Å². The lowest BCUT2D eigenvalue weighted by molar-refractivity contribution is -0.192. The Balaban J connectivity index is 0.000000293. The van der Waals surface area contributed by atoms with Gasteiger partial charge in [0.1, 0.15) is 5.69 Å². The van der Waals surface area contributed by atoms with E-state index in [1.54, 1.807) is 0 Å². The number of aliphatic carboxylic acids is 1. The average molecular weight is 237 g/mol. The maximum Gasteiger partial charge on any atom is 0.490 e. The molecule has 0 aromatic carbocycles. The summed E-state index contributed by atoms with van der Waals surface area (Å²) in [6.45, 7) is 0. The first-order valence-electron chi connectivity index (χ1n) is 3.61. The fourth-order valence-corrected chi connectivity index (χ4v) is 0.426. The molecule has 0 unspecified atom stereocenters. The summed E-state index contributed by atoms with van der Waals surface area (Å²) in [4.78, 5) is 26.5. The van der Waals surface area contributed by atoms with E-state index in [0.29, 0.717) is 0 Å². The molecule has 0 radical (unpaired) electrons. The van der Waals surface area contributed by atoms with Gasteiger partial charge in [0.15, 0.2) is 0 Å². The SMILES string of the molecule is NC(=O)c1cnccn1.O=C(O)C(F)(F)F. The van der Waals surface area contributed by atoms with E-state index in [9.17, 15) is 18.0 Å². The first-order valence-corrected chi connectivity index (χ1v) is 3.61. The lowest BCUT2D eigenvalue weighted by atomic mass is 10.4. The minimum atomic E-state index is -5.08. The molecular formula is C7H6F3N3O3. The van der Waals surface area contributed by atoms with Crippen LogP contribution in [0.3, 0.4) is 0 Å². The van der Waals surface area contributed by atoms with Crippen LogP contribution in [-0.2, 0) is 4.79 Å². The Morgan fingerprint density at radius 3 is 2.00 bits per heavy atom. The number of hydrogen-bond donors (Lipinski definition) is 2. The number of carboxylic acids is 1. The van der Waals surface area contributed by atoms with E-state index < -0.39 is 18.1 Å². The molecule has 0 aliphatic heterocycles. The summed E-state index contributed by atoms with van der Waals surface area (Å²) in [6, 6.07) is 0. The van der Waals surface area contributed by atoms with E-state index in [2.05, 4.69) is 9.97 Å². The van der Waals surface area contributed by atoms with Crippen molar-refractivity contribution in [2.45, 2.75) is 6.18 Å². The van der Waals surface area contributed by atoms with E-state index in [-0.39, 0.29) is 5.69 Å². The predicted octanol–water partition coefficient (Wildman–Crippen LogP) is 0.209. The molecule has 0 fully saturated rings. The molecule has 0 aliphatic carbocycles. The lowest BCUT2D eigenvalue weighted by Gasteiger charge is -1.93. The van der Waals surface area contributed by atoms with Gasteiger partial charge < -0.3 is 10.8 Å². The summed E-state index contributed by atoms with van der Waals surface area (Å²) in [5.74, 6) is -3.31. The van der Waals surface area contributed by atoms with Gasteiger partial charge in [-0.05, 0) is 0 Å². The van der Waals surface area contributed by atoms with E-state index in [4.69, 9.17) is 15.6 Å². The summed E-state index contributed by atoms with van der Waals surface area (Å²) in [5.41, 5.74) is 5.06. The second kappa shape index (κ2) is 5.63. The molecular weight excluding hydrogens is 231 g/mol. The molecule has 0 spiro atoms. The van der Waals surface area contributed by atoms with Gasteiger partial charge in [0.05, 0.1) is 6.20 Å². The number of aromatic nitrogens is 2. The maximum absolute atomic E-state index is 10.6. The maximum atomic E-state index is 10.6. The molecule has 6 nitrogen and oxygen atoms in total. The number of nitrogens with two attached hydrogens (primary N) is 1. The highest BCUT2D eigenvalue weighted by Crippen LogP contribution is 2.13. The van der Waals surface area contributed by atoms with Gasteiger partial charge in [-0.15, -0.1) is 0 Å². The molecule has 0 aliphatic rings. The van der Waals surface area contributed by atoms with Crippen molar-refractivity contribution in [1.29, 1.82) is 0 Å². The Hall–Kier alpha value is -2.19. The van der Waals surface area contributed by atoms with Crippen LogP contribution >= 0.6 is 0 Å². The number of nitrogens with zero attached hydrogens (tertiary/aromatic N) is 2. The highest BCUT2D eigenvalue weighted by Gasteiger charge is 2.38. The minimum absolute atomic E-state index is 0.192. The smallest absolute Gasteiger partial charge is 0.475 e. The Bertz CT molecular complexity index is 366. The van der Waals surface area contributed by atoms with Crippen LogP contribution < -0.4 is 5.73 Å². The summed E-state index contributed by atoms with van der Waals surface area (Å²) in [5, 5.41) is 7.12. The third kappa shape index (κ3) is 5.52. The van der Waals surface area contributed by atoms with Crippen molar-refractivity contribution in [1.82, 2.24) is 9.97 Å². The molecule has 1 heterocycles. The first-order chi connectivity index (χ1) is 7.25. The Morgan fingerprint density at radius 2 is 1.81 bits per heavy atom. The number of carbonyl (C=O) groups excluding carboxylic acids is 1. The van der Waals surface area contributed by atoms with Crippen molar-refractivity contribution in [3.8, 4) is 0 Å². The molecule has 0 saturated carbocycles. The molecule has 0 atom stereocenters. The number of alkyl halides is 3. The van der Waals surface area contributed by atoms with Crippen LogP contribution in [0.2, 0.25) is 0 Å². The second-order valence-corrected chi connectivity index (χ2v) is 2.26. The third-order valence-electron chi connectivity index (χ3n) is 1.06. The molecule has 0 bridgehead atoms. The number of hydrogen-bond acceptors (Lipinski definition) is 4. The number of primary amides is 1. The van der Waals surface area contributed by atoms with E-state index >= 15 is 0 Å². The van der Waals surface area contributed by atoms with Gasteiger partial charge in [0.25, 0.3) is 5.91 Å². The number of rotatable bonds is 1. The highest BCUT2D eigenvalue weighted by molar-refractivity contribution is 5.90. The Morgan fingerprint density at radius 1 is 1.31 bits per heavy atom. The van der Waals surface area contributed by atoms with Gasteiger partial charge >= 0.3 is 12.1 Å². The van der Waals surface area contributed by atoms with Crippen molar-refractivity contribution < 1.29 is 27.9 Å². The number of halogens is 3. The van der Waals surface area contributed by atoms with E-state index in [0.717, 1.165) is 0 Å². The zero-order valence-corrected chi connectivity index (χ0v) is 7.60. The van der Waals surface area contributed by atoms with Crippen LogP contribution in [0.1, 0.15) is 10.5 Å². The summed E-state index contributed by atoms with van der Waals surface area (Å²) in [7, 11) is 0. The van der Waals surface area contributed by atoms with Crippen LogP contribution in [0.5, 0.6) is 0 Å². The van der Waals surface area contributed by atoms with Gasteiger partial charge in [-0.3, -0.25) is 9.78 Å².